The van der Waals surface area contributed by atoms with E-state index >= 15 is 0 Å². The molecule has 1 aliphatic heterocycles. The van der Waals surface area contributed by atoms with Crippen LogP contribution >= 0.6 is 11.3 Å². The molecule has 2 aromatic heterocycles. The van der Waals surface area contributed by atoms with Crippen molar-refractivity contribution in [2.75, 3.05) is 6.54 Å². The fourth-order valence-electron chi connectivity index (χ4n) is 2.75. The number of nitrogens with one attached hydrogen (secondary N) is 1. The van der Waals surface area contributed by atoms with Crippen molar-refractivity contribution in [3.63, 3.8) is 0 Å². The highest BCUT2D eigenvalue weighted by atomic mass is 32.1. The van der Waals surface area contributed by atoms with E-state index in [4.69, 9.17) is 0 Å². The summed E-state index contributed by atoms with van der Waals surface area (Å²) < 4.78 is 0. The number of aromatic nitrogens is 2. The predicted octanol–water partition coefficient (Wildman–Crippen LogP) is 3.54. The minimum Gasteiger partial charge on any atom is -0.294 e. The molecule has 3 nitrogen and oxygen atoms in total. The topological polar surface area (TPSA) is 31.9 Å². The fraction of sp³-hybridized carbons (Fsp3) is 0.533. The van der Waals surface area contributed by atoms with Crippen LogP contribution in [0, 0.1) is 0 Å². The van der Waals surface area contributed by atoms with E-state index in [1.54, 1.807) is 11.3 Å². The fourth-order valence-corrected chi connectivity index (χ4v) is 3.41. The minimum absolute atomic E-state index is 0.557. The van der Waals surface area contributed by atoms with Gasteiger partial charge in [0.05, 0.1) is 5.69 Å². The van der Waals surface area contributed by atoms with Crippen molar-refractivity contribution in [1.82, 2.24) is 15.1 Å². The summed E-state index contributed by atoms with van der Waals surface area (Å²) in [6.07, 6.45) is 2.25. The summed E-state index contributed by atoms with van der Waals surface area (Å²) in [4.78, 5) is 2.53. The normalized spacial score (nSPS) is 17.4. The molecule has 3 heterocycles. The maximum atomic E-state index is 4.55. The molecule has 0 radical (unpaired) electrons. The van der Waals surface area contributed by atoms with E-state index in [0.29, 0.717) is 5.92 Å². The second-order valence-corrected chi connectivity index (χ2v) is 6.25. The lowest BCUT2D eigenvalue weighted by molar-refractivity contribution is 0.244. The van der Waals surface area contributed by atoms with Gasteiger partial charge in [0.2, 0.25) is 0 Å². The number of nitrogens with zero attached hydrogens (tertiary/aromatic N) is 2. The molecule has 0 saturated heterocycles. The lowest BCUT2D eigenvalue weighted by Gasteiger charge is -2.27. The van der Waals surface area contributed by atoms with Crippen molar-refractivity contribution >= 4 is 11.3 Å². The third-order valence-corrected chi connectivity index (χ3v) is 4.84. The summed E-state index contributed by atoms with van der Waals surface area (Å²) in [7, 11) is 0. The quantitative estimate of drug-likeness (QED) is 0.925. The van der Waals surface area contributed by atoms with Crippen LogP contribution in [0.25, 0.3) is 0 Å². The molecular weight excluding hydrogens is 254 g/mol. The first-order valence-corrected chi connectivity index (χ1v) is 8.01. The van der Waals surface area contributed by atoms with Gasteiger partial charge in [0.15, 0.2) is 0 Å². The van der Waals surface area contributed by atoms with E-state index < -0.39 is 0 Å². The molecule has 0 aromatic carbocycles. The molecule has 0 spiro atoms. The van der Waals surface area contributed by atoms with Gasteiger partial charge in [-0.1, -0.05) is 13.8 Å². The standard InChI is InChI=1S/C15H21N3S/c1-3-11(2)15-13-9-18(6-4-14(13)16-17-15)8-12-5-7-19-10-12/h5,7,10-11H,3-4,6,8-9H2,1-2H3,(H,16,17)/t11-/m0/s1. The van der Waals surface area contributed by atoms with Crippen LogP contribution in [0.5, 0.6) is 0 Å². The number of fused-ring (bicyclic) bond motifs is 1. The molecular formula is C15H21N3S. The Morgan fingerprint density at radius 1 is 1.53 bits per heavy atom. The Bertz CT molecular complexity index is 530. The van der Waals surface area contributed by atoms with E-state index in [1.165, 1.54) is 22.5 Å². The van der Waals surface area contributed by atoms with Crippen LogP contribution in [-0.2, 0) is 19.5 Å². The summed E-state index contributed by atoms with van der Waals surface area (Å²) in [5, 5.41) is 12.2. The van der Waals surface area contributed by atoms with Gasteiger partial charge in [-0.2, -0.15) is 16.4 Å². The molecule has 4 heteroatoms. The minimum atomic E-state index is 0.557. The van der Waals surface area contributed by atoms with E-state index in [2.05, 4.69) is 45.8 Å². The second kappa shape index (κ2) is 5.47. The average molecular weight is 275 g/mol. The third-order valence-electron chi connectivity index (χ3n) is 4.11. The molecule has 0 saturated carbocycles. The number of rotatable bonds is 4. The van der Waals surface area contributed by atoms with Gasteiger partial charge in [-0.3, -0.25) is 10.00 Å². The van der Waals surface area contributed by atoms with Crippen LogP contribution in [0.15, 0.2) is 16.8 Å². The Labute approximate surface area is 118 Å². The van der Waals surface area contributed by atoms with Crippen molar-refractivity contribution < 1.29 is 0 Å². The monoisotopic (exact) mass is 275 g/mol. The Morgan fingerprint density at radius 2 is 2.42 bits per heavy atom. The molecule has 1 N–H and O–H groups in total. The van der Waals surface area contributed by atoms with Crippen LogP contribution in [-0.4, -0.2) is 21.6 Å². The van der Waals surface area contributed by atoms with E-state index in [-0.39, 0.29) is 0 Å². The SMILES string of the molecule is CC[C@H](C)c1n[nH]c2c1CN(Cc1ccsc1)CC2. The molecule has 0 aliphatic carbocycles. The van der Waals surface area contributed by atoms with E-state index in [0.717, 1.165) is 32.5 Å². The van der Waals surface area contributed by atoms with E-state index in [1.807, 2.05) is 0 Å². The van der Waals surface area contributed by atoms with Gasteiger partial charge < -0.3 is 0 Å². The average Bonchev–Trinajstić information content (AvgIpc) is 3.06. The zero-order valence-corrected chi connectivity index (χ0v) is 12.5. The highest BCUT2D eigenvalue weighted by molar-refractivity contribution is 7.07. The first-order chi connectivity index (χ1) is 9.28. The van der Waals surface area contributed by atoms with Crippen LogP contribution < -0.4 is 0 Å². The van der Waals surface area contributed by atoms with Gasteiger partial charge >= 0.3 is 0 Å². The smallest absolute Gasteiger partial charge is 0.0698 e. The second-order valence-electron chi connectivity index (χ2n) is 5.47. The van der Waals surface area contributed by atoms with Crippen LogP contribution in [0.2, 0.25) is 0 Å². The van der Waals surface area contributed by atoms with Crippen molar-refractivity contribution in [3.05, 3.63) is 39.3 Å². The summed E-state index contributed by atoms with van der Waals surface area (Å²) in [5.41, 5.74) is 5.53. The maximum absolute atomic E-state index is 4.55. The number of thiophene rings is 1. The number of hydrogen-bond acceptors (Lipinski definition) is 3. The largest absolute Gasteiger partial charge is 0.294 e. The lowest BCUT2D eigenvalue weighted by atomic mass is 9.96. The molecule has 1 atom stereocenters. The Kier molecular flexibility index (Phi) is 3.71. The van der Waals surface area contributed by atoms with E-state index in [9.17, 15) is 0 Å². The first-order valence-electron chi connectivity index (χ1n) is 7.07. The van der Waals surface area contributed by atoms with Gasteiger partial charge in [0.25, 0.3) is 0 Å². The van der Waals surface area contributed by atoms with Crippen LogP contribution in [0.3, 0.4) is 0 Å². The Hall–Kier alpha value is -1.13. The third kappa shape index (κ3) is 2.60. The van der Waals surface area contributed by atoms with Crippen molar-refractivity contribution in [2.45, 2.75) is 45.7 Å². The van der Waals surface area contributed by atoms with Crippen molar-refractivity contribution in [2.24, 2.45) is 0 Å². The summed E-state index contributed by atoms with van der Waals surface area (Å²) in [5.74, 6) is 0.557. The molecule has 19 heavy (non-hydrogen) atoms. The van der Waals surface area contributed by atoms with Gasteiger partial charge in [-0.05, 0) is 28.8 Å². The Morgan fingerprint density at radius 3 is 3.16 bits per heavy atom. The summed E-state index contributed by atoms with van der Waals surface area (Å²) in [6.45, 7) is 7.74. The maximum Gasteiger partial charge on any atom is 0.0698 e. The highest BCUT2D eigenvalue weighted by Gasteiger charge is 2.23. The molecule has 0 bridgehead atoms. The summed E-state index contributed by atoms with van der Waals surface area (Å²) >= 11 is 1.78. The van der Waals surface area contributed by atoms with Gasteiger partial charge in [-0.25, -0.2) is 0 Å². The predicted molar refractivity (Wildman–Crippen MR) is 79.4 cm³/mol. The van der Waals surface area contributed by atoms with Crippen LogP contribution in [0.4, 0.5) is 0 Å². The first kappa shape index (κ1) is 12.9. The van der Waals surface area contributed by atoms with Crippen molar-refractivity contribution in [3.8, 4) is 0 Å². The van der Waals surface area contributed by atoms with Gasteiger partial charge in [0, 0.05) is 43.2 Å². The van der Waals surface area contributed by atoms with Gasteiger partial charge in [0.1, 0.15) is 0 Å². The summed E-state index contributed by atoms with van der Waals surface area (Å²) in [6, 6.07) is 2.23. The molecule has 3 rings (SSSR count). The van der Waals surface area contributed by atoms with Gasteiger partial charge in [-0.15, -0.1) is 0 Å². The zero-order chi connectivity index (χ0) is 13.2. The molecule has 1 aliphatic rings. The molecule has 102 valence electrons. The molecule has 2 aromatic rings. The molecule has 0 unspecified atom stereocenters. The number of H-pyrrole nitrogens is 1. The molecule has 0 fully saturated rings. The van der Waals surface area contributed by atoms with Crippen LogP contribution in [0.1, 0.15) is 48.7 Å². The zero-order valence-electron chi connectivity index (χ0n) is 11.6. The Balaban J connectivity index is 1.76. The van der Waals surface area contributed by atoms with Crippen molar-refractivity contribution in [1.29, 1.82) is 0 Å². The highest BCUT2D eigenvalue weighted by Crippen LogP contribution is 2.28. The number of aromatic amines is 1. The molecule has 0 amide bonds. The lowest BCUT2D eigenvalue weighted by Crippen LogP contribution is -2.30. The number of hydrogen-bond donors (Lipinski definition) is 1.